The maximum absolute atomic E-state index is 4.18. The van der Waals surface area contributed by atoms with Crippen molar-refractivity contribution in [1.82, 2.24) is 19.7 Å². The van der Waals surface area contributed by atoms with Gasteiger partial charge in [-0.2, -0.15) is 5.10 Å². The molecule has 0 aliphatic carbocycles. The van der Waals surface area contributed by atoms with Crippen LogP contribution in [0.15, 0.2) is 29.1 Å². The van der Waals surface area contributed by atoms with Crippen molar-refractivity contribution in [2.24, 2.45) is 0 Å². The van der Waals surface area contributed by atoms with Gasteiger partial charge < -0.3 is 0 Å². The van der Waals surface area contributed by atoms with Crippen molar-refractivity contribution < 1.29 is 0 Å². The van der Waals surface area contributed by atoms with Crippen LogP contribution < -0.4 is 0 Å². The summed E-state index contributed by atoms with van der Waals surface area (Å²) in [6.07, 6.45) is 3.37. The predicted octanol–water partition coefficient (Wildman–Crippen LogP) is 1.73. The van der Waals surface area contributed by atoms with Gasteiger partial charge in [0.15, 0.2) is 5.82 Å². The molecule has 0 atom stereocenters. The van der Waals surface area contributed by atoms with Crippen LogP contribution in [0.4, 0.5) is 0 Å². The molecule has 0 saturated carbocycles. The molecule has 66 valence electrons. The third-order valence-corrected chi connectivity index (χ3v) is 2.02. The monoisotopic (exact) mass is 238 g/mol. The van der Waals surface area contributed by atoms with E-state index in [1.54, 1.807) is 17.2 Å². The molecule has 0 bridgehead atoms. The lowest BCUT2D eigenvalue weighted by atomic mass is 10.5. The fourth-order valence-electron chi connectivity index (χ4n) is 0.960. The van der Waals surface area contributed by atoms with Crippen LogP contribution in [-0.4, -0.2) is 19.7 Å². The van der Waals surface area contributed by atoms with Gasteiger partial charge in [0, 0.05) is 10.7 Å². The number of halogens is 1. The van der Waals surface area contributed by atoms with Gasteiger partial charge in [-0.05, 0) is 35.0 Å². The van der Waals surface area contributed by atoms with Crippen molar-refractivity contribution in [1.29, 1.82) is 0 Å². The molecule has 2 rings (SSSR count). The van der Waals surface area contributed by atoms with E-state index < -0.39 is 0 Å². The summed E-state index contributed by atoms with van der Waals surface area (Å²) >= 11 is 3.32. The zero-order chi connectivity index (χ0) is 9.26. The van der Waals surface area contributed by atoms with Gasteiger partial charge >= 0.3 is 0 Å². The van der Waals surface area contributed by atoms with Gasteiger partial charge in [0.2, 0.25) is 0 Å². The van der Waals surface area contributed by atoms with Crippen LogP contribution in [0.1, 0.15) is 5.82 Å². The van der Waals surface area contributed by atoms with E-state index in [9.17, 15) is 0 Å². The second-order valence-corrected chi connectivity index (χ2v) is 3.49. The quantitative estimate of drug-likeness (QED) is 0.761. The summed E-state index contributed by atoms with van der Waals surface area (Å²) < 4.78 is 2.59. The van der Waals surface area contributed by atoms with E-state index in [0.29, 0.717) is 0 Å². The van der Waals surface area contributed by atoms with Gasteiger partial charge in [0.25, 0.3) is 0 Å². The first-order valence-electron chi connectivity index (χ1n) is 3.76. The lowest BCUT2D eigenvalue weighted by Gasteiger charge is -1.97. The van der Waals surface area contributed by atoms with Crippen LogP contribution in [0.2, 0.25) is 0 Å². The molecule has 0 fully saturated rings. The summed E-state index contributed by atoms with van der Waals surface area (Å²) in [7, 11) is 0. The number of nitrogens with zero attached hydrogens (tertiary/aromatic N) is 4. The Morgan fingerprint density at radius 3 is 2.69 bits per heavy atom. The maximum atomic E-state index is 4.18. The molecule has 5 heteroatoms. The van der Waals surface area contributed by atoms with Gasteiger partial charge in [-0.1, -0.05) is 0 Å². The molecule has 0 spiro atoms. The van der Waals surface area contributed by atoms with Gasteiger partial charge in [-0.15, -0.1) is 0 Å². The van der Waals surface area contributed by atoms with Crippen molar-refractivity contribution in [3.63, 3.8) is 0 Å². The smallest absolute Gasteiger partial charge is 0.155 e. The van der Waals surface area contributed by atoms with Crippen molar-refractivity contribution in [3.8, 4) is 5.82 Å². The Balaban J connectivity index is 2.41. The summed E-state index contributed by atoms with van der Waals surface area (Å²) in [5.74, 6) is 1.51. The van der Waals surface area contributed by atoms with Gasteiger partial charge in [-0.25, -0.2) is 14.6 Å². The second-order valence-electron chi connectivity index (χ2n) is 2.57. The fraction of sp³-hybridized carbons (Fsp3) is 0.125. The van der Waals surface area contributed by atoms with Crippen LogP contribution in [-0.2, 0) is 0 Å². The Morgan fingerprint density at radius 1 is 1.31 bits per heavy atom. The van der Waals surface area contributed by atoms with E-state index in [1.807, 2.05) is 19.1 Å². The first-order chi connectivity index (χ1) is 6.25. The van der Waals surface area contributed by atoms with Gasteiger partial charge in [0.1, 0.15) is 12.2 Å². The SMILES string of the molecule is Cc1ncn(-c2ccc(Br)cn2)n1. The van der Waals surface area contributed by atoms with Crippen LogP contribution in [0.5, 0.6) is 0 Å². The summed E-state index contributed by atoms with van der Waals surface area (Å²) in [5.41, 5.74) is 0. The summed E-state index contributed by atoms with van der Waals surface area (Å²) in [6.45, 7) is 1.84. The number of hydrogen-bond donors (Lipinski definition) is 0. The zero-order valence-electron chi connectivity index (χ0n) is 6.98. The Morgan fingerprint density at radius 2 is 2.15 bits per heavy atom. The number of aryl methyl sites for hydroxylation is 1. The molecular formula is C8H7BrN4. The third kappa shape index (κ3) is 1.75. The molecule has 2 heterocycles. The number of pyridine rings is 1. The van der Waals surface area contributed by atoms with E-state index in [1.165, 1.54) is 0 Å². The standard InChI is InChI=1S/C8H7BrN4/c1-6-11-5-13(12-6)8-3-2-7(9)4-10-8/h2-5H,1H3. The molecule has 0 unspecified atom stereocenters. The lowest BCUT2D eigenvalue weighted by Crippen LogP contribution is -1.97. The topological polar surface area (TPSA) is 43.6 Å². The maximum Gasteiger partial charge on any atom is 0.155 e. The molecule has 0 aliphatic heterocycles. The Bertz CT molecular complexity index is 406. The average molecular weight is 239 g/mol. The Hall–Kier alpha value is -1.23. The second kappa shape index (κ2) is 3.26. The molecule has 4 nitrogen and oxygen atoms in total. The van der Waals surface area contributed by atoms with Crippen molar-refractivity contribution >= 4 is 15.9 Å². The molecule has 0 radical (unpaired) electrons. The molecule has 13 heavy (non-hydrogen) atoms. The number of aromatic nitrogens is 4. The molecular weight excluding hydrogens is 232 g/mol. The Labute approximate surface area is 83.8 Å². The molecule has 0 amide bonds. The van der Waals surface area contributed by atoms with Gasteiger partial charge in [-0.3, -0.25) is 0 Å². The van der Waals surface area contributed by atoms with Gasteiger partial charge in [0.05, 0.1) is 0 Å². The first kappa shape index (κ1) is 8.37. The fourth-order valence-corrected chi connectivity index (χ4v) is 1.19. The first-order valence-corrected chi connectivity index (χ1v) is 4.55. The van der Waals surface area contributed by atoms with Crippen molar-refractivity contribution in [2.75, 3.05) is 0 Å². The summed E-state index contributed by atoms with van der Waals surface area (Å²) in [4.78, 5) is 8.19. The molecule has 2 aromatic heterocycles. The van der Waals surface area contributed by atoms with E-state index in [4.69, 9.17) is 0 Å². The molecule has 0 aliphatic rings. The minimum atomic E-state index is 0.740. The lowest BCUT2D eigenvalue weighted by molar-refractivity contribution is 0.831. The highest BCUT2D eigenvalue weighted by molar-refractivity contribution is 9.10. The van der Waals surface area contributed by atoms with Crippen LogP contribution >= 0.6 is 15.9 Å². The highest BCUT2D eigenvalue weighted by Gasteiger charge is 1.99. The highest BCUT2D eigenvalue weighted by atomic mass is 79.9. The van der Waals surface area contributed by atoms with E-state index >= 15 is 0 Å². The zero-order valence-corrected chi connectivity index (χ0v) is 8.56. The molecule has 0 saturated heterocycles. The molecule has 2 aromatic rings. The predicted molar refractivity (Wildman–Crippen MR) is 51.6 cm³/mol. The summed E-state index contributed by atoms with van der Waals surface area (Å²) in [6, 6.07) is 3.79. The van der Waals surface area contributed by atoms with Crippen LogP contribution in [0.25, 0.3) is 5.82 Å². The summed E-state index contributed by atoms with van der Waals surface area (Å²) in [5, 5.41) is 4.14. The van der Waals surface area contributed by atoms with E-state index in [0.717, 1.165) is 16.1 Å². The van der Waals surface area contributed by atoms with Crippen LogP contribution in [0, 0.1) is 6.92 Å². The van der Waals surface area contributed by atoms with Crippen molar-refractivity contribution in [3.05, 3.63) is 35.0 Å². The van der Waals surface area contributed by atoms with Crippen LogP contribution in [0.3, 0.4) is 0 Å². The number of rotatable bonds is 1. The highest BCUT2D eigenvalue weighted by Crippen LogP contribution is 2.09. The van der Waals surface area contributed by atoms with E-state index in [2.05, 4.69) is 31.0 Å². The number of hydrogen-bond acceptors (Lipinski definition) is 3. The Kier molecular flexibility index (Phi) is 2.10. The normalized spacial score (nSPS) is 10.3. The van der Waals surface area contributed by atoms with E-state index in [-0.39, 0.29) is 0 Å². The molecule has 0 N–H and O–H groups in total. The molecule has 0 aromatic carbocycles. The largest absolute Gasteiger partial charge is 0.236 e. The minimum Gasteiger partial charge on any atom is -0.236 e. The third-order valence-electron chi connectivity index (χ3n) is 1.55. The van der Waals surface area contributed by atoms with Crippen molar-refractivity contribution in [2.45, 2.75) is 6.92 Å². The average Bonchev–Trinajstić information content (AvgIpc) is 2.53. The minimum absolute atomic E-state index is 0.740.